The van der Waals surface area contributed by atoms with Crippen molar-refractivity contribution in [1.29, 1.82) is 0 Å². The second kappa shape index (κ2) is 10.8. The topological polar surface area (TPSA) is 76.1 Å². The van der Waals surface area contributed by atoms with Crippen LogP contribution in [0.5, 0.6) is 5.75 Å². The summed E-state index contributed by atoms with van der Waals surface area (Å²) in [6, 6.07) is 19.4. The molecule has 1 unspecified atom stereocenters. The first-order valence-electron chi connectivity index (χ1n) is 11.3. The minimum atomic E-state index is -5.13. The van der Waals surface area contributed by atoms with Crippen LogP contribution in [0, 0.1) is 0 Å². The number of carboxylic acid groups (broad SMARTS) is 1. The van der Waals surface area contributed by atoms with E-state index >= 15 is 0 Å². The number of alkyl halides is 3. The zero-order valence-electron chi connectivity index (χ0n) is 19.2. The number of amides is 1. The van der Waals surface area contributed by atoms with Crippen LogP contribution in [-0.2, 0) is 22.7 Å². The van der Waals surface area contributed by atoms with Crippen molar-refractivity contribution in [2.45, 2.75) is 31.7 Å². The third-order valence-electron chi connectivity index (χ3n) is 5.95. The van der Waals surface area contributed by atoms with E-state index in [-0.39, 0.29) is 36.1 Å². The number of aromatic carboxylic acids is 1. The molecule has 0 aliphatic carbocycles. The van der Waals surface area contributed by atoms with Crippen LogP contribution in [0.1, 0.15) is 39.4 Å². The smallest absolute Gasteiger partial charge is 0.471 e. The van der Waals surface area contributed by atoms with Crippen LogP contribution in [0.3, 0.4) is 0 Å². The number of benzene rings is 3. The van der Waals surface area contributed by atoms with Gasteiger partial charge in [-0.15, -0.1) is 0 Å². The molecule has 1 N–H and O–H groups in total. The van der Waals surface area contributed by atoms with Gasteiger partial charge in [-0.25, -0.2) is 4.79 Å². The van der Waals surface area contributed by atoms with Gasteiger partial charge in [-0.2, -0.15) is 13.2 Å². The van der Waals surface area contributed by atoms with E-state index in [0.29, 0.717) is 23.7 Å². The van der Waals surface area contributed by atoms with Gasteiger partial charge in [-0.3, -0.25) is 4.79 Å². The van der Waals surface area contributed by atoms with Gasteiger partial charge >= 0.3 is 18.1 Å². The van der Waals surface area contributed by atoms with Gasteiger partial charge < -0.3 is 19.5 Å². The standard InChI is InChI=1S/C27H24F3NO5/c28-27(29,30)26(34)31(15-18-6-8-20(9-7-18)21-12-13-35-17-21)22-10-11-23(25(32)33)24(14-22)36-16-19-4-2-1-3-5-19/h1-11,14,21H,12-13,15-17H2,(H,32,33). The van der Waals surface area contributed by atoms with Crippen LogP contribution in [0.15, 0.2) is 72.8 Å². The average molecular weight is 499 g/mol. The lowest BCUT2D eigenvalue weighted by Crippen LogP contribution is -2.40. The fourth-order valence-corrected chi connectivity index (χ4v) is 4.02. The number of carbonyl (C=O) groups excluding carboxylic acids is 1. The second-order valence-electron chi connectivity index (χ2n) is 8.45. The Kier molecular flexibility index (Phi) is 7.59. The number of nitrogens with zero attached hydrogens (tertiary/aromatic N) is 1. The fraction of sp³-hybridized carbons (Fsp3) is 0.259. The zero-order chi connectivity index (χ0) is 25.7. The van der Waals surface area contributed by atoms with Crippen molar-refractivity contribution in [1.82, 2.24) is 0 Å². The molecular formula is C27H24F3NO5. The summed E-state index contributed by atoms with van der Waals surface area (Å²) in [5.41, 5.74) is 1.91. The Hall–Kier alpha value is -3.85. The second-order valence-corrected chi connectivity index (χ2v) is 8.45. The van der Waals surface area contributed by atoms with E-state index in [9.17, 15) is 27.9 Å². The summed E-state index contributed by atoms with van der Waals surface area (Å²) in [5, 5.41) is 9.53. The highest BCUT2D eigenvalue weighted by Gasteiger charge is 2.43. The molecule has 188 valence electrons. The molecule has 1 aliphatic rings. The SMILES string of the molecule is O=C(O)c1ccc(N(Cc2ccc(C3CCOC3)cc2)C(=O)C(F)(F)F)cc1OCc1ccccc1. The molecule has 1 saturated heterocycles. The van der Waals surface area contributed by atoms with Crippen LogP contribution in [0.25, 0.3) is 0 Å². The number of carbonyl (C=O) groups is 2. The summed E-state index contributed by atoms with van der Waals surface area (Å²) in [6.07, 6.45) is -4.25. The first-order valence-corrected chi connectivity index (χ1v) is 11.3. The van der Waals surface area contributed by atoms with Crippen molar-refractivity contribution in [2.75, 3.05) is 18.1 Å². The van der Waals surface area contributed by atoms with Crippen LogP contribution in [0.2, 0.25) is 0 Å². The Balaban J connectivity index is 1.63. The first-order chi connectivity index (χ1) is 17.2. The van der Waals surface area contributed by atoms with Crippen LogP contribution in [-0.4, -0.2) is 36.4 Å². The van der Waals surface area contributed by atoms with Crippen LogP contribution >= 0.6 is 0 Å². The lowest BCUT2D eigenvalue weighted by atomic mass is 9.97. The monoisotopic (exact) mass is 499 g/mol. The van der Waals surface area contributed by atoms with Crippen LogP contribution < -0.4 is 9.64 Å². The van der Waals surface area contributed by atoms with Gasteiger partial charge in [0.2, 0.25) is 0 Å². The number of anilines is 1. The zero-order valence-corrected chi connectivity index (χ0v) is 19.2. The van der Waals surface area contributed by atoms with Crippen molar-refractivity contribution >= 4 is 17.6 Å². The van der Waals surface area contributed by atoms with E-state index in [0.717, 1.165) is 29.7 Å². The molecule has 0 bridgehead atoms. The Labute approximate surface area is 205 Å². The first kappa shape index (κ1) is 25.2. The quantitative estimate of drug-likeness (QED) is 0.439. The van der Waals surface area contributed by atoms with Crippen molar-refractivity contribution in [3.05, 3.63) is 95.1 Å². The molecule has 1 atom stereocenters. The predicted octanol–water partition coefficient (Wildman–Crippen LogP) is 5.56. The van der Waals surface area contributed by atoms with Crippen LogP contribution in [0.4, 0.5) is 18.9 Å². The molecule has 4 rings (SSSR count). The number of rotatable bonds is 8. The van der Waals surface area contributed by atoms with Crippen molar-refractivity contribution in [3.8, 4) is 5.75 Å². The van der Waals surface area contributed by atoms with Gasteiger partial charge in [0.05, 0.1) is 13.2 Å². The molecule has 3 aromatic rings. The van der Waals surface area contributed by atoms with Gasteiger partial charge in [0, 0.05) is 24.3 Å². The maximum Gasteiger partial charge on any atom is 0.471 e. The van der Waals surface area contributed by atoms with E-state index < -0.39 is 18.1 Å². The lowest BCUT2D eigenvalue weighted by molar-refractivity contribution is -0.170. The molecular weight excluding hydrogens is 475 g/mol. The highest BCUT2D eigenvalue weighted by Crippen LogP contribution is 2.32. The summed E-state index contributed by atoms with van der Waals surface area (Å²) >= 11 is 0. The molecule has 0 aromatic heterocycles. The summed E-state index contributed by atoms with van der Waals surface area (Å²) in [4.78, 5) is 24.7. The van der Waals surface area contributed by atoms with E-state index in [2.05, 4.69) is 0 Å². The predicted molar refractivity (Wildman–Crippen MR) is 126 cm³/mol. The van der Waals surface area contributed by atoms with Gasteiger partial charge in [0.15, 0.2) is 0 Å². The van der Waals surface area contributed by atoms with Crippen molar-refractivity contribution in [3.63, 3.8) is 0 Å². The highest BCUT2D eigenvalue weighted by atomic mass is 19.4. The van der Waals surface area contributed by atoms with Gasteiger partial charge in [0.25, 0.3) is 0 Å². The summed E-state index contributed by atoms with van der Waals surface area (Å²) in [7, 11) is 0. The highest BCUT2D eigenvalue weighted by molar-refractivity contribution is 5.98. The molecule has 1 aliphatic heterocycles. The molecule has 36 heavy (non-hydrogen) atoms. The van der Waals surface area contributed by atoms with E-state index in [1.54, 1.807) is 36.4 Å². The minimum absolute atomic E-state index is 0.00410. The molecule has 0 saturated carbocycles. The molecule has 0 spiro atoms. The average Bonchev–Trinajstić information content (AvgIpc) is 3.41. The molecule has 9 heteroatoms. The van der Waals surface area contributed by atoms with E-state index in [1.807, 2.05) is 18.2 Å². The lowest BCUT2D eigenvalue weighted by Gasteiger charge is -2.25. The minimum Gasteiger partial charge on any atom is -0.488 e. The Morgan fingerprint density at radius 1 is 1.00 bits per heavy atom. The largest absolute Gasteiger partial charge is 0.488 e. The molecule has 1 fully saturated rings. The van der Waals surface area contributed by atoms with Gasteiger partial charge in [-0.1, -0.05) is 54.6 Å². The maximum atomic E-state index is 13.5. The van der Waals surface area contributed by atoms with E-state index in [1.165, 1.54) is 6.07 Å². The molecule has 1 heterocycles. The molecule has 3 aromatic carbocycles. The Bertz CT molecular complexity index is 1210. The Morgan fingerprint density at radius 2 is 1.72 bits per heavy atom. The Morgan fingerprint density at radius 3 is 2.33 bits per heavy atom. The van der Waals surface area contributed by atoms with Gasteiger partial charge in [0.1, 0.15) is 17.9 Å². The van der Waals surface area contributed by atoms with E-state index in [4.69, 9.17) is 9.47 Å². The molecule has 0 radical (unpaired) electrons. The number of halogens is 3. The van der Waals surface area contributed by atoms with Crippen molar-refractivity contribution in [2.24, 2.45) is 0 Å². The molecule has 1 amide bonds. The third-order valence-corrected chi connectivity index (χ3v) is 5.95. The third kappa shape index (κ3) is 6.04. The number of ether oxygens (including phenoxy) is 2. The van der Waals surface area contributed by atoms with Crippen molar-refractivity contribution < 1.29 is 37.3 Å². The fourth-order valence-electron chi connectivity index (χ4n) is 4.02. The van der Waals surface area contributed by atoms with Gasteiger partial charge in [-0.05, 0) is 35.2 Å². The summed E-state index contributed by atoms with van der Waals surface area (Å²) in [5.74, 6) is -3.27. The number of hydrogen-bond acceptors (Lipinski definition) is 4. The number of carboxylic acids is 1. The molecule has 6 nitrogen and oxygen atoms in total. The maximum absolute atomic E-state index is 13.5. The summed E-state index contributed by atoms with van der Waals surface area (Å²) < 4.78 is 51.5. The normalized spacial score (nSPS) is 15.5. The number of hydrogen-bond donors (Lipinski definition) is 1. The summed E-state index contributed by atoms with van der Waals surface area (Å²) in [6.45, 7) is 0.912.